The lowest BCUT2D eigenvalue weighted by molar-refractivity contribution is -0.140. The first-order chi connectivity index (χ1) is 18.6. The molecule has 7 nitrogen and oxygen atoms in total. The van der Waals surface area contributed by atoms with Gasteiger partial charge in [-0.1, -0.05) is 81.6 Å². The van der Waals surface area contributed by atoms with Gasteiger partial charge in [0, 0.05) is 33.0 Å². The first kappa shape index (κ1) is 31.9. The number of nitrogens with one attached hydrogen (secondary N) is 1. The van der Waals surface area contributed by atoms with Crippen LogP contribution in [0.5, 0.6) is 0 Å². The monoisotopic (exact) mass is 667 g/mol. The molecule has 1 N–H and O–H groups in total. The summed E-state index contributed by atoms with van der Waals surface area (Å²) in [6, 6.07) is 20.2. The standard InChI is InChI=1S/C29H32BrCl2N3O4S/c1-29(2,3)33-28(37)26(14-20-9-6-5-7-10-20)34(18-21-11-8-12-22(30)13-21)27(36)19-35(40(4,38)39)25-16-23(31)15-24(32)17-25/h5-13,15-17,26H,14,18-19H2,1-4H3,(H,33,37)/t26-/m0/s1. The van der Waals surface area contributed by atoms with E-state index in [1.807, 2.05) is 75.4 Å². The first-order valence-corrected chi connectivity index (χ1v) is 15.9. The molecule has 0 radical (unpaired) electrons. The lowest BCUT2D eigenvalue weighted by Crippen LogP contribution is -2.56. The number of carbonyl (C=O) groups is 2. The fourth-order valence-corrected chi connectivity index (χ4v) is 5.93. The molecule has 3 aromatic rings. The van der Waals surface area contributed by atoms with Crippen LogP contribution in [0.25, 0.3) is 0 Å². The van der Waals surface area contributed by atoms with E-state index >= 15 is 0 Å². The minimum absolute atomic E-state index is 0.0707. The van der Waals surface area contributed by atoms with Gasteiger partial charge in [-0.05, 0) is 62.2 Å². The molecule has 0 unspecified atom stereocenters. The van der Waals surface area contributed by atoms with Gasteiger partial charge in [0.2, 0.25) is 21.8 Å². The number of amides is 2. The number of sulfonamides is 1. The van der Waals surface area contributed by atoms with Crippen LogP contribution in [-0.2, 0) is 32.6 Å². The number of anilines is 1. The van der Waals surface area contributed by atoms with Gasteiger partial charge in [-0.3, -0.25) is 13.9 Å². The predicted molar refractivity (Wildman–Crippen MR) is 165 cm³/mol. The second kappa shape index (κ2) is 13.4. The maximum atomic E-state index is 14.1. The van der Waals surface area contributed by atoms with E-state index in [0.717, 1.165) is 26.2 Å². The molecule has 0 fully saturated rings. The second-order valence-electron chi connectivity index (χ2n) is 10.5. The Hall–Kier alpha value is -2.59. The van der Waals surface area contributed by atoms with Crippen LogP contribution in [0.3, 0.4) is 0 Å². The summed E-state index contributed by atoms with van der Waals surface area (Å²) < 4.78 is 27.5. The Morgan fingerprint density at radius 2 is 1.52 bits per heavy atom. The number of hydrogen-bond acceptors (Lipinski definition) is 4. The van der Waals surface area contributed by atoms with Crippen molar-refractivity contribution in [1.82, 2.24) is 10.2 Å². The minimum Gasteiger partial charge on any atom is -0.350 e. The highest BCUT2D eigenvalue weighted by atomic mass is 79.9. The average molecular weight is 669 g/mol. The molecule has 0 spiro atoms. The van der Waals surface area contributed by atoms with E-state index in [0.29, 0.717) is 0 Å². The number of benzene rings is 3. The number of halogens is 3. The molecule has 2 amide bonds. The van der Waals surface area contributed by atoms with Crippen LogP contribution in [0.1, 0.15) is 31.9 Å². The highest BCUT2D eigenvalue weighted by Crippen LogP contribution is 2.28. The molecule has 40 heavy (non-hydrogen) atoms. The minimum atomic E-state index is -3.93. The largest absolute Gasteiger partial charge is 0.350 e. The molecule has 0 bridgehead atoms. The van der Waals surface area contributed by atoms with Crippen LogP contribution >= 0.6 is 39.1 Å². The number of carbonyl (C=O) groups excluding carboxylic acids is 2. The maximum Gasteiger partial charge on any atom is 0.244 e. The van der Waals surface area contributed by atoms with Crippen molar-refractivity contribution in [3.8, 4) is 0 Å². The lowest BCUT2D eigenvalue weighted by Gasteiger charge is -2.35. The van der Waals surface area contributed by atoms with E-state index in [4.69, 9.17) is 23.2 Å². The predicted octanol–water partition coefficient (Wildman–Crippen LogP) is 6.08. The maximum absolute atomic E-state index is 14.1. The Labute approximate surface area is 254 Å². The molecular weight excluding hydrogens is 637 g/mol. The highest BCUT2D eigenvalue weighted by Gasteiger charge is 2.34. The van der Waals surface area contributed by atoms with E-state index in [9.17, 15) is 18.0 Å². The van der Waals surface area contributed by atoms with Gasteiger partial charge in [-0.2, -0.15) is 0 Å². The normalized spacial score (nSPS) is 12.5. The summed E-state index contributed by atoms with van der Waals surface area (Å²) >= 11 is 15.8. The summed E-state index contributed by atoms with van der Waals surface area (Å²) in [6.45, 7) is 5.09. The fourth-order valence-electron chi connectivity index (χ4n) is 4.14. The molecule has 0 aliphatic heterocycles. The summed E-state index contributed by atoms with van der Waals surface area (Å²) in [5.74, 6) is -0.914. The van der Waals surface area contributed by atoms with Crippen LogP contribution in [-0.4, -0.2) is 49.5 Å². The summed E-state index contributed by atoms with van der Waals surface area (Å²) in [6.07, 6.45) is 1.23. The van der Waals surface area contributed by atoms with E-state index < -0.39 is 34.1 Å². The molecule has 0 saturated heterocycles. The van der Waals surface area contributed by atoms with Gasteiger partial charge in [0.25, 0.3) is 0 Å². The number of rotatable bonds is 10. The van der Waals surface area contributed by atoms with Crippen LogP contribution in [0.2, 0.25) is 10.0 Å². The quantitative estimate of drug-likeness (QED) is 0.284. The van der Waals surface area contributed by atoms with Crippen molar-refractivity contribution in [3.05, 3.63) is 98.4 Å². The van der Waals surface area contributed by atoms with Gasteiger partial charge >= 0.3 is 0 Å². The lowest BCUT2D eigenvalue weighted by atomic mass is 10.0. The molecule has 0 aromatic heterocycles. The highest BCUT2D eigenvalue weighted by molar-refractivity contribution is 9.10. The van der Waals surface area contributed by atoms with Crippen molar-refractivity contribution < 1.29 is 18.0 Å². The number of nitrogens with zero attached hydrogens (tertiary/aromatic N) is 2. The molecular formula is C29H32BrCl2N3O4S. The molecule has 0 aliphatic rings. The van der Waals surface area contributed by atoms with E-state index in [2.05, 4.69) is 21.2 Å². The first-order valence-electron chi connectivity index (χ1n) is 12.5. The molecule has 0 saturated carbocycles. The fraction of sp³-hybridized carbons (Fsp3) is 0.310. The van der Waals surface area contributed by atoms with Gasteiger partial charge in [-0.15, -0.1) is 0 Å². The smallest absolute Gasteiger partial charge is 0.244 e. The Morgan fingerprint density at radius 3 is 2.08 bits per heavy atom. The summed E-state index contributed by atoms with van der Waals surface area (Å²) in [5, 5.41) is 3.44. The zero-order valence-corrected chi connectivity index (χ0v) is 26.6. The van der Waals surface area contributed by atoms with Crippen molar-refractivity contribution in [1.29, 1.82) is 0 Å². The van der Waals surface area contributed by atoms with Crippen molar-refractivity contribution in [3.63, 3.8) is 0 Å². The topological polar surface area (TPSA) is 86.8 Å². The van der Waals surface area contributed by atoms with Crippen LogP contribution in [0, 0.1) is 0 Å². The Bertz CT molecular complexity index is 1440. The van der Waals surface area contributed by atoms with Crippen LogP contribution in [0.4, 0.5) is 5.69 Å². The van der Waals surface area contributed by atoms with Crippen LogP contribution < -0.4 is 9.62 Å². The summed E-state index contributed by atoms with van der Waals surface area (Å²) in [7, 11) is -3.93. The Balaban J connectivity index is 2.09. The van der Waals surface area contributed by atoms with E-state index in [-0.39, 0.29) is 34.6 Å². The average Bonchev–Trinajstić information content (AvgIpc) is 2.82. The zero-order chi connectivity index (χ0) is 29.7. The van der Waals surface area contributed by atoms with Gasteiger partial charge in [0.05, 0.1) is 11.9 Å². The summed E-state index contributed by atoms with van der Waals surface area (Å²) in [5.41, 5.74) is 1.20. The Morgan fingerprint density at radius 1 is 0.925 bits per heavy atom. The molecule has 11 heteroatoms. The Kier molecular flexibility index (Phi) is 10.7. The second-order valence-corrected chi connectivity index (χ2v) is 14.2. The third-order valence-corrected chi connectivity index (χ3v) is 7.90. The molecule has 0 aliphatic carbocycles. The van der Waals surface area contributed by atoms with E-state index in [1.165, 1.54) is 23.1 Å². The van der Waals surface area contributed by atoms with Crippen molar-refractivity contribution in [2.45, 2.75) is 45.3 Å². The third kappa shape index (κ3) is 9.51. The van der Waals surface area contributed by atoms with E-state index in [1.54, 1.807) is 0 Å². The van der Waals surface area contributed by atoms with Gasteiger partial charge in [0.15, 0.2) is 0 Å². The van der Waals surface area contributed by atoms with Crippen molar-refractivity contribution in [2.24, 2.45) is 0 Å². The van der Waals surface area contributed by atoms with Crippen LogP contribution in [0.15, 0.2) is 77.3 Å². The van der Waals surface area contributed by atoms with Gasteiger partial charge < -0.3 is 10.2 Å². The molecule has 0 heterocycles. The molecule has 1 atom stereocenters. The number of hydrogen-bond donors (Lipinski definition) is 1. The SMILES string of the molecule is CC(C)(C)NC(=O)[C@H](Cc1ccccc1)N(Cc1cccc(Br)c1)C(=O)CN(c1cc(Cl)cc(Cl)c1)S(C)(=O)=O. The molecule has 3 aromatic carbocycles. The van der Waals surface area contributed by atoms with Crippen molar-refractivity contribution in [2.75, 3.05) is 17.1 Å². The van der Waals surface area contributed by atoms with Crippen molar-refractivity contribution >= 4 is 66.7 Å². The van der Waals surface area contributed by atoms with Gasteiger partial charge in [-0.25, -0.2) is 8.42 Å². The molecule has 214 valence electrons. The van der Waals surface area contributed by atoms with Gasteiger partial charge in [0.1, 0.15) is 12.6 Å². The molecule has 3 rings (SSSR count). The zero-order valence-electron chi connectivity index (χ0n) is 22.7. The third-order valence-electron chi connectivity index (χ3n) is 5.83. The summed E-state index contributed by atoms with van der Waals surface area (Å²) in [4.78, 5) is 29.3.